The molecule has 2 aromatic rings. The molecular weight excluding hydrogens is 272 g/mol. The number of fused-ring (bicyclic) bond motifs is 1. The Labute approximate surface area is 120 Å². The van der Waals surface area contributed by atoms with Crippen LogP contribution in [0.2, 0.25) is 0 Å². The molecular formula is C16H12O5. The number of allylic oxidation sites excluding steroid dienone is 1. The van der Waals surface area contributed by atoms with Crippen molar-refractivity contribution < 1.29 is 24.5 Å². The number of benzene rings is 2. The van der Waals surface area contributed by atoms with E-state index in [1.807, 2.05) is 0 Å². The Balaban J connectivity index is 1.83. The van der Waals surface area contributed by atoms with Crippen molar-refractivity contribution in [3.8, 4) is 23.0 Å². The summed E-state index contributed by atoms with van der Waals surface area (Å²) in [5.41, 5.74) is 1.00. The Hall–Kier alpha value is -2.95. The van der Waals surface area contributed by atoms with Crippen LogP contribution in [0.3, 0.4) is 0 Å². The van der Waals surface area contributed by atoms with Crippen molar-refractivity contribution in [1.82, 2.24) is 0 Å². The fourth-order valence-electron chi connectivity index (χ4n) is 2.04. The molecule has 3 rings (SSSR count). The lowest BCUT2D eigenvalue weighted by Gasteiger charge is -2.01. The van der Waals surface area contributed by atoms with Crippen molar-refractivity contribution >= 4 is 11.9 Å². The van der Waals surface area contributed by atoms with Gasteiger partial charge in [-0.25, -0.2) is 0 Å². The molecule has 5 heteroatoms. The van der Waals surface area contributed by atoms with Gasteiger partial charge in [0.1, 0.15) is 5.75 Å². The molecule has 1 aliphatic rings. The minimum Gasteiger partial charge on any atom is -0.508 e. The molecule has 0 saturated carbocycles. The van der Waals surface area contributed by atoms with Gasteiger partial charge in [0, 0.05) is 5.56 Å². The van der Waals surface area contributed by atoms with Gasteiger partial charge in [0.05, 0.1) is 0 Å². The van der Waals surface area contributed by atoms with Crippen LogP contribution in [0, 0.1) is 0 Å². The number of hydrogen-bond acceptors (Lipinski definition) is 5. The molecule has 0 spiro atoms. The van der Waals surface area contributed by atoms with Crippen LogP contribution in [0.25, 0.3) is 6.08 Å². The van der Waals surface area contributed by atoms with Crippen LogP contribution >= 0.6 is 0 Å². The number of hydrogen-bond donors (Lipinski definition) is 2. The largest absolute Gasteiger partial charge is 0.508 e. The van der Waals surface area contributed by atoms with Crippen LogP contribution in [0.5, 0.6) is 23.0 Å². The average molecular weight is 284 g/mol. The Morgan fingerprint density at radius 3 is 2.81 bits per heavy atom. The zero-order valence-electron chi connectivity index (χ0n) is 10.9. The quantitative estimate of drug-likeness (QED) is 0.669. The normalized spacial score (nSPS) is 12.8. The van der Waals surface area contributed by atoms with Crippen molar-refractivity contribution in [3.63, 3.8) is 0 Å². The van der Waals surface area contributed by atoms with Crippen LogP contribution in [-0.2, 0) is 0 Å². The highest BCUT2D eigenvalue weighted by Gasteiger charge is 2.18. The molecule has 0 saturated heterocycles. The third kappa shape index (κ3) is 2.67. The maximum atomic E-state index is 12.0. The van der Waals surface area contributed by atoms with E-state index in [9.17, 15) is 15.0 Å². The molecule has 106 valence electrons. The van der Waals surface area contributed by atoms with Crippen molar-refractivity contribution in [1.29, 1.82) is 0 Å². The predicted molar refractivity (Wildman–Crippen MR) is 75.7 cm³/mol. The van der Waals surface area contributed by atoms with E-state index in [2.05, 4.69) is 0 Å². The molecule has 0 fully saturated rings. The molecule has 0 unspecified atom stereocenters. The maximum Gasteiger partial charge on any atom is 0.231 e. The highest BCUT2D eigenvalue weighted by atomic mass is 16.7. The summed E-state index contributed by atoms with van der Waals surface area (Å²) in [5, 5.41) is 19.1. The van der Waals surface area contributed by atoms with E-state index in [-0.39, 0.29) is 24.1 Å². The molecule has 0 aromatic heterocycles. The lowest BCUT2D eigenvalue weighted by molar-refractivity contribution is 0.104. The first-order valence-corrected chi connectivity index (χ1v) is 6.27. The van der Waals surface area contributed by atoms with E-state index in [0.717, 1.165) is 0 Å². The lowest BCUT2D eigenvalue weighted by atomic mass is 10.1. The Bertz CT molecular complexity index is 733. The first-order valence-electron chi connectivity index (χ1n) is 6.27. The Morgan fingerprint density at radius 2 is 2.00 bits per heavy atom. The van der Waals surface area contributed by atoms with Gasteiger partial charge in [0.25, 0.3) is 0 Å². The van der Waals surface area contributed by atoms with Gasteiger partial charge in [-0.1, -0.05) is 18.2 Å². The SMILES string of the molecule is O=C(/C=C/c1cc(O)c2c(c1)OCO2)c1cccc(O)c1. The summed E-state index contributed by atoms with van der Waals surface area (Å²) in [4.78, 5) is 12.0. The number of ketones is 1. The van der Waals surface area contributed by atoms with Crippen LogP contribution in [0.15, 0.2) is 42.5 Å². The molecule has 0 amide bonds. The van der Waals surface area contributed by atoms with Gasteiger partial charge < -0.3 is 19.7 Å². The van der Waals surface area contributed by atoms with Crippen LogP contribution in [0.1, 0.15) is 15.9 Å². The van der Waals surface area contributed by atoms with Crippen molar-refractivity contribution in [2.45, 2.75) is 0 Å². The summed E-state index contributed by atoms with van der Waals surface area (Å²) in [6.45, 7) is 0.0677. The van der Waals surface area contributed by atoms with E-state index in [1.165, 1.54) is 24.3 Å². The minimum absolute atomic E-state index is 0.0329. The smallest absolute Gasteiger partial charge is 0.231 e. The number of ether oxygens (including phenoxy) is 2. The molecule has 0 aliphatic carbocycles. The van der Waals surface area contributed by atoms with Crippen molar-refractivity contribution in [3.05, 3.63) is 53.6 Å². The molecule has 1 aliphatic heterocycles. The fourth-order valence-corrected chi connectivity index (χ4v) is 2.04. The topological polar surface area (TPSA) is 76.0 Å². The van der Waals surface area contributed by atoms with Crippen LogP contribution < -0.4 is 9.47 Å². The van der Waals surface area contributed by atoms with Gasteiger partial charge in [0.2, 0.25) is 12.5 Å². The van der Waals surface area contributed by atoms with Gasteiger partial charge in [-0.15, -0.1) is 0 Å². The van der Waals surface area contributed by atoms with Gasteiger partial charge in [-0.2, -0.15) is 0 Å². The van der Waals surface area contributed by atoms with E-state index >= 15 is 0 Å². The summed E-state index contributed by atoms with van der Waals surface area (Å²) < 4.78 is 10.3. The molecule has 1 heterocycles. The number of aromatic hydroxyl groups is 2. The fraction of sp³-hybridized carbons (Fsp3) is 0.0625. The molecule has 2 aromatic carbocycles. The summed E-state index contributed by atoms with van der Waals surface area (Å²) in [7, 11) is 0. The lowest BCUT2D eigenvalue weighted by Crippen LogP contribution is -1.93. The zero-order valence-corrected chi connectivity index (χ0v) is 10.9. The zero-order chi connectivity index (χ0) is 14.8. The second-order valence-corrected chi connectivity index (χ2v) is 4.52. The first kappa shape index (κ1) is 13.1. The Kier molecular flexibility index (Phi) is 3.23. The van der Waals surface area contributed by atoms with E-state index < -0.39 is 0 Å². The summed E-state index contributed by atoms with van der Waals surface area (Å²) in [5.74, 6) is 0.512. The van der Waals surface area contributed by atoms with Crippen molar-refractivity contribution in [2.24, 2.45) is 0 Å². The third-order valence-electron chi connectivity index (χ3n) is 3.03. The summed E-state index contributed by atoms with van der Waals surface area (Å²) in [6, 6.07) is 9.26. The minimum atomic E-state index is -0.247. The molecule has 5 nitrogen and oxygen atoms in total. The number of carbonyl (C=O) groups is 1. The first-order chi connectivity index (χ1) is 10.1. The standard InChI is InChI=1S/C16H12O5/c17-12-3-1-2-11(8-12)13(18)5-4-10-6-14(19)16-15(7-10)20-9-21-16/h1-8,17,19H,9H2/b5-4+. The number of phenolic OH excluding ortho intramolecular Hbond substituents is 2. The second-order valence-electron chi connectivity index (χ2n) is 4.52. The predicted octanol–water partition coefficient (Wildman–Crippen LogP) is 2.72. The molecule has 0 atom stereocenters. The third-order valence-corrected chi connectivity index (χ3v) is 3.03. The number of rotatable bonds is 3. The molecule has 2 N–H and O–H groups in total. The van der Waals surface area contributed by atoms with E-state index in [4.69, 9.17) is 9.47 Å². The summed E-state index contributed by atoms with van der Waals surface area (Å²) >= 11 is 0. The van der Waals surface area contributed by atoms with Gasteiger partial charge in [-0.05, 0) is 35.9 Å². The van der Waals surface area contributed by atoms with Gasteiger partial charge in [0.15, 0.2) is 17.3 Å². The number of carbonyl (C=O) groups excluding carboxylic acids is 1. The molecule has 0 radical (unpaired) electrons. The van der Waals surface area contributed by atoms with Gasteiger partial charge in [-0.3, -0.25) is 4.79 Å². The second kappa shape index (κ2) is 5.20. The maximum absolute atomic E-state index is 12.0. The van der Waals surface area contributed by atoms with Crippen LogP contribution in [0.4, 0.5) is 0 Å². The molecule has 21 heavy (non-hydrogen) atoms. The number of phenols is 2. The van der Waals surface area contributed by atoms with Crippen molar-refractivity contribution in [2.75, 3.05) is 6.79 Å². The van der Waals surface area contributed by atoms with E-state index in [1.54, 1.807) is 24.3 Å². The Morgan fingerprint density at radius 1 is 1.14 bits per heavy atom. The summed E-state index contributed by atoms with van der Waals surface area (Å²) in [6.07, 6.45) is 2.93. The monoisotopic (exact) mass is 284 g/mol. The highest BCUT2D eigenvalue weighted by Crippen LogP contribution is 2.41. The van der Waals surface area contributed by atoms with Gasteiger partial charge >= 0.3 is 0 Å². The molecule has 0 bridgehead atoms. The average Bonchev–Trinajstić information content (AvgIpc) is 2.93. The van der Waals surface area contributed by atoms with Crippen LogP contribution in [-0.4, -0.2) is 22.8 Å². The highest BCUT2D eigenvalue weighted by molar-refractivity contribution is 6.07. The van der Waals surface area contributed by atoms with E-state index in [0.29, 0.717) is 22.6 Å².